The number of rotatable bonds is 3. The van der Waals surface area contributed by atoms with Crippen molar-refractivity contribution in [3.05, 3.63) is 16.7 Å². The van der Waals surface area contributed by atoms with Gasteiger partial charge in [0.2, 0.25) is 0 Å². The lowest BCUT2D eigenvalue weighted by Gasteiger charge is -2.26. The third-order valence-electron chi connectivity index (χ3n) is 3.20. The fraction of sp³-hybridized carbons (Fsp3) is 0.583. The van der Waals surface area contributed by atoms with E-state index < -0.39 is 0 Å². The summed E-state index contributed by atoms with van der Waals surface area (Å²) in [4.78, 5) is 4.24. The van der Waals surface area contributed by atoms with Gasteiger partial charge < -0.3 is 16.2 Å². The van der Waals surface area contributed by atoms with E-state index in [1.54, 1.807) is 6.20 Å². The minimum Gasteiger partial charge on any atom is -0.396 e. The van der Waals surface area contributed by atoms with E-state index in [0.717, 1.165) is 36.1 Å². The van der Waals surface area contributed by atoms with Gasteiger partial charge in [-0.3, -0.25) is 0 Å². The minimum atomic E-state index is -0.134. The summed E-state index contributed by atoms with van der Waals surface area (Å²) in [5.74, 6) is 1.25. The van der Waals surface area contributed by atoms with Gasteiger partial charge in [-0.15, -0.1) is 0 Å². The van der Waals surface area contributed by atoms with E-state index >= 15 is 0 Å². The molecule has 94 valence electrons. The Labute approximate surface area is 110 Å². The Kier molecular flexibility index (Phi) is 4.23. The summed E-state index contributed by atoms with van der Waals surface area (Å²) in [6.45, 7) is 0.829. The van der Waals surface area contributed by atoms with Crippen molar-refractivity contribution in [2.75, 3.05) is 17.6 Å². The van der Waals surface area contributed by atoms with Crippen LogP contribution in [-0.4, -0.2) is 22.7 Å². The molecule has 4 nitrogen and oxygen atoms in total. The molecule has 4 N–H and O–H groups in total. The Morgan fingerprint density at radius 1 is 1.53 bits per heavy atom. The van der Waals surface area contributed by atoms with Crippen molar-refractivity contribution in [3.63, 3.8) is 0 Å². The van der Waals surface area contributed by atoms with Gasteiger partial charge in [0, 0.05) is 17.2 Å². The van der Waals surface area contributed by atoms with Crippen LogP contribution in [0.4, 0.5) is 11.5 Å². The lowest BCUT2D eigenvalue weighted by atomic mass is 9.87. The number of aliphatic hydroxyl groups is 1. The van der Waals surface area contributed by atoms with Gasteiger partial charge >= 0.3 is 0 Å². The van der Waals surface area contributed by atoms with Gasteiger partial charge in [0.25, 0.3) is 0 Å². The molecule has 1 aromatic rings. The molecule has 2 rings (SSSR count). The van der Waals surface area contributed by atoms with E-state index in [1.165, 1.54) is 6.42 Å². The number of aliphatic hydroxyl groups excluding tert-OH is 1. The monoisotopic (exact) mass is 299 g/mol. The lowest BCUT2D eigenvalue weighted by molar-refractivity contribution is 0.104. The van der Waals surface area contributed by atoms with Crippen LogP contribution < -0.4 is 11.1 Å². The normalized spacial score (nSPS) is 24.6. The van der Waals surface area contributed by atoms with Gasteiger partial charge in [-0.2, -0.15) is 0 Å². The molecule has 0 bridgehead atoms. The van der Waals surface area contributed by atoms with Crippen LogP contribution in [-0.2, 0) is 0 Å². The smallest absolute Gasteiger partial charge is 0.149 e. The van der Waals surface area contributed by atoms with Crippen molar-refractivity contribution in [1.82, 2.24) is 4.98 Å². The second-order valence-corrected chi connectivity index (χ2v) is 5.57. The second kappa shape index (κ2) is 5.69. The number of nitrogen functional groups attached to an aromatic ring is 1. The summed E-state index contributed by atoms with van der Waals surface area (Å²) in [7, 11) is 0. The summed E-state index contributed by atoms with van der Waals surface area (Å²) in [6.07, 6.45) is 5.69. The largest absolute Gasteiger partial charge is 0.396 e. The zero-order valence-corrected chi connectivity index (χ0v) is 11.3. The Morgan fingerprint density at radius 2 is 2.35 bits per heavy atom. The Balaban J connectivity index is 1.88. The number of nitrogens with two attached hydrogens (primary N) is 1. The molecule has 5 heteroatoms. The quantitative estimate of drug-likeness (QED) is 0.801. The first-order valence-electron chi connectivity index (χ1n) is 5.98. The zero-order valence-electron chi connectivity index (χ0n) is 9.69. The maximum Gasteiger partial charge on any atom is 0.149 e. The van der Waals surface area contributed by atoms with Crippen LogP contribution in [0.25, 0.3) is 0 Å². The first kappa shape index (κ1) is 12.6. The first-order valence-corrected chi connectivity index (χ1v) is 6.77. The van der Waals surface area contributed by atoms with E-state index in [9.17, 15) is 5.11 Å². The molecule has 0 radical (unpaired) electrons. The average Bonchev–Trinajstić information content (AvgIpc) is 2.28. The molecule has 0 aromatic carbocycles. The molecule has 1 aromatic heterocycles. The van der Waals surface area contributed by atoms with Crippen molar-refractivity contribution in [1.29, 1.82) is 0 Å². The molecule has 1 aliphatic carbocycles. The molecule has 2 atom stereocenters. The predicted molar refractivity (Wildman–Crippen MR) is 72.8 cm³/mol. The number of nitrogens with one attached hydrogen (secondary N) is 1. The first-order chi connectivity index (χ1) is 8.15. The van der Waals surface area contributed by atoms with Gasteiger partial charge in [0.1, 0.15) is 5.82 Å². The second-order valence-electron chi connectivity index (χ2n) is 4.66. The van der Waals surface area contributed by atoms with Crippen LogP contribution in [0.5, 0.6) is 0 Å². The predicted octanol–water partition coefficient (Wildman–Crippen LogP) is 2.39. The molecular weight excluding hydrogens is 282 g/mol. The summed E-state index contributed by atoms with van der Waals surface area (Å²) in [5, 5.41) is 12.9. The number of nitrogens with zero attached hydrogens (tertiary/aromatic N) is 1. The van der Waals surface area contributed by atoms with Crippen LogP contribution >= 0.6 is 15.9 Å². The molecule has 1 heterocycles. The van der Waals surface area contributed by atoms with E-state index in [0.29, 0.717) is 11.6 Å². The van der Waals surface area contributed by atoms with Crippen LogP contribution in [0.3, 0.4) is 0 Å². The number of hydrogen-bond acceptors (Lipinski definition) is 4. The van der Waals surface area contributed by atoms with Gasteiger partial charge in [-0.1, -0.05) is 6.42 Å². The third kappa shape index (κ3) is 3.57. The average molecular weight is 300 g/mol. The third-order valence-corrected chi connectivity index (χ3v) is 3.63. The van der Waals surface area contributed by atoms with E-state index in [2.05, 4.69) is 26.2 Å². The standard InChI is InChI=1S/C12H18BrN3O/c13-9-5-11(14)12(16-7-9)15-6-8-2-1-3-10(17)4-8/h5,7-8,10,17H,1-4,6,14H2,(H,15,16). The summed E-state index contributed by atoms with van der Waals surface area (Å²) < 4.78 is 0.883. The maximum absolute atomic E-state index is 9.59. The Bertz CT molecular complexity index is 386. The van der Waals surface area contributed by atoms with E-state index in [-0.39, 0.29) is 6.10 Å². The van der Waals surface area contributed by atoms with Crippen molar-refractivity contribution >= 4 is 27.4 Å². The van der Waals surface area contributed by atoms with Gasteiger partial charge in [0.05, 0.1) is 11.8 Å². The van der Waals surface area contributed by atoms with E-state index in [4.69, 9.17) is 5.73 Å². The number of anilines is 2. The van der Waals surface area contributed by atoms with Crippen molar-refractivity contribution < 1.29 is 5.11 Å². The Hall–Kier alpha value is -0.810. The molecular formula is C12H18BrN3O. The highest BCUT2D eigenvalue weighted by atomic mass is 79.9. The molecule has 0 amide bonds. The molecule has 1 aliphatic rings. The number of pyridine rings is 1. The molecule has 0 spiro atoms. The highest BCUT2D eigenvalue weighted by Gasteiger charge is 2.20. The molecule has 0 saturated heterocycles. The molecule has 2 unspecified atom stereocenters. The molecule has 1 saturated carbocycles. The topological polar surface area (TPSA) is 71.2 Å². The molecule has 0 aliphatic heterocycles. The van der Waals surface area contributed by atoms with Gasteiger partial charge in [-0.05, 0) is 47.2 Å². The number of halogens is 1. The Morgan fingerprint density at radius 3 is 3.06 bits per heavy atom. The van der Waals surface area contributed by atoms with Crippen molar-refractivity contribution in [2.45, 2.75) is 31.8 Å². The lowest BCUT2D eigenvalue weighted by Crippen LogP contribution is -2.25. The fourth-order valence-electron chi connectivity index (χ4n) is 2.29. The minimum absolute atomic E-state index is 0.134. The SMILES string of the molecule is Nc1cc(Br)cnc1NCC1CCCC(O)C1. The number of aromatic nitrogens is 1. The van der Waals surface area contributed by atoms with Crippen LogP contribution in [0.15, 0.2) is 16.7 Å². The van der Waals surface area contributed by atoms with Crippen LogP contribution in [0.1, 0.15) is 25.7 Å². The molecule has 17 heavy (non-hydrogen) atoms. The van der Waals surface area contributed by atoms with E-state index in [1.807, 2.05) is 6.07 Å². The van der Waals surface area contributed by atoms with Crippen molar-refractivity contribution in [3.8, 4) is 0 Å². The van der Waals surface area contributed by atoms with Crippen molar-refractivity contribution in [2.24, 2.45) is 5.92 Å². The van der Waals surface area contributed by atoms with Crippen LogP contribution in [0.2, 0.25) is 0 Å². The molecule has 1 fully saturated rings. The zero-order chi connectivity index (χ0) is 12.3. The van der Waals surface area contributed by atoms with Gasteiger partial charge in [0.15, 0.2) is 0 Å². The summed E-state index contributed by atoms with van der Waals surface area (Å²) >= 11 is 3.33. The summed E-state index contributed by atoms with van der Waals surface area (Å²) in [6, 6.07) is 1.84. The highest BCUT2D eigenvalue weighted by Crippen LogP contribution is 2.25. The maximum atomic E-state index is 9.59. The fourth-order valence-corrected chi connectivity index (χ4v) is 2.64. The summed E-state index contributed by atoms with van der Waals surface area (Å²) in [5.41, 5.74) is 6.51. The van der Waals surface area contributed by atoms with Gasteiger partial charge in [-0.25, -0.2) is 4.98 Å². The van der Waals surface area contributed by atoms with Crippen LogP contribution in [0, 0.1) is 5.92 Å². The highest BCUT2D eigenvalue weighted by molar-refractivity contribution is 9.10. The number of hydrogen-bond donors (Lipinski definition) is 3.